The highest BCUT2D eigenvalue weighted by Crippen LogP contribution is 2.25. The van der Waals surface area contributed by atoms with Gasteiger partial charge in [0, 0.05) is 22.3 Å². The van der Waals surface area contributed by atoms with Gasteiger partial charge in [0.2, 0.25) is 0 Å². The molecule has 0 bridgehead atoms. The standard InChI is InChI=1S/C19H14ClN3O2S/c1-12-11-26-19(22-12)13-3-6-16(7-4-13)25-10-18(24)23-15-5-2-14(9-21)17(20)8-15/h2-8,11H,10H2,1H3,(H,23,24). The molecular formula is C19H14ClN3O2S. The molecule has 0 aliphatic carbocycles. The van der Waals surface area contributed by atoms with Crippen LogP contribution in [-0.2, 0) is 4.79 Å². The lowest BCUT2D eigenvalue weighted by Crippen LogP contribution is -2.20. The van der Waals surface area contributed by atoms with Gasteiger partial charge in [0.1, 0.15) is 16.8 Å². The van der Waals surface area contributed by atoms with E-state index in [1.54, 1.807) is 35.6 Å². The summed E-state index contributed by atoms with van der Waals surface area (Å²) in [5.74, 6) is 0.278. The van der Waals surface area contributed by atoms with Crippen LogP contribution in [0.5, 0.6) is 5.75 Å². The predicted molar refractivity (Wildman–Crippen MR) is 103 cm³/mol. The van der Waals surface area contributed by atoms with Gasteiger partial charge in [-0.2, -0.15) is 5.26 Å². The van der Waals surface area contributed by atoms with E-state index in [1.807, 2.05) is 30.5 Å². The minimum atomic E-state index is -0.314. The van der Waals surface area contributed by atoms with Crippen molar-refractivity contribution in [1.82, 2.24) is 4.98 Å². The van der Waals surface area contributed by atoms with Crippen LogP contribution in [0, 0.1) is 18.3 Å². The molecule has 1 N–H and O–H groups in total. The fraction of sp³-hybridized carbons (Fsp3) is 0.105. The molecule has 0 unspecified atom stereocenters. The lowest BCUT2D eigenvalue weighted by atomic mass is 10.2. The summed E-state index contributed by atoms with van der Waals surface area (Å²) in [6.07, 6.45) is 0. The number of nitrogens with zero attached hydrogens (tertiary/aromatic N) is 2. The Labute approximate surface area is 159 Å². The number of benzene rings is 2. The number of aryl methyl sites for hydroxylation is 1. The van der Waals surface area contributed by atoms with E-state index in [0.717, 1.165) is 16.3 Å². The first-order valence-corrected chi connectivity index (χ1v) is 8.96. The predicted octanol–water partition coefficient (Wildman–Crippen LogP) is 4.66. The third-order valence-electron chi connectivity index (χ3n) is 3.46. The van der Waals surface area contributed by atoms with E-state index < -0.39 is 0 Å². The largest absolute Gasteiger partial charge is 0.484 e. The maximum absolute atomic E-state index is 12.0. The van der Waals surface area contributed by atoms with E-state index in [0.29, 0.717) is 22.0 Å². The molecule has 130 valence electrons. The van der Waals surface area contributed by atoms with Crippen molar-refractivity contribution in [1.29, 1.82) is 5.26 Å². The van der Waals surface area contributed by atoms with Crippen LogP contribution in [0.2, 0.25) is 5.02 Å². The minimum absolute atomic E-state index is 0.132. The molecule has 0 spiro atoms. The van der Waals surface area contributed by atoms with Crippen molar-refractivity contribution in [3.05, 3.63) is 64.1 Å². The van der Waals surface area contributed by atoms with Crippen LogP contribution in [0.4, 0.5) is 5.69 Å². The highest BCUT2D eigenvalue weighted by Gasteiger charge is 2.07. The highest BCUT2D eigenvalue weighted by molar-refractivity contribution is 7.13. The Bertz CT molecular complexity index is 977. The van der Waals surface area contributed by atoms with Gasteiger partial charge in [-0.25, -0.2) is 4.98 Å². The van der Waals surface area contributed by atoms with Crippen molar-refractivity contribution in [2.75, 3.05) is 11.9 Å². The van der Waals surface area contributed by atoms with Crippen molar-refractivity contribution in [3.8, 4) is 22.4 Å². The molecule has 1 amide bonds. The summed E-state index contributed by atoms with van der Waals surface area (Å²) in [4.78, 5) is 16.4. The van der Waals surface area contributed by atoms with E-state index >= 15 is 0 Å². The molecule has 2 aromatic carbocycles. The fourth-order valence-corrected chi connectivity index (χ4v) is 3.24. The molecule has 26 heavy (non-hydrogen) atoms. The molecular weight excluding hydrogens is 370 g/mol. The summed E-state index contributed by atoms with van der Waals surface area (Å²) >= 11 is 7.53. The zero-order valence-electron chi connectivity index (χ0n) is 13.8. The number of nitriles is 1. The molecule has 1 heterocycles. The van der Waals surface area contributed by atoms with Crippen LogP contribution < -0.4 is 10.1 Å². The van der Waals surface area contributed by atoms with Gasteiger partial charge in [0.15, 0.2) is 6.61 Å². The maximum Gasteiger partial charge on any atom is 0.262 e. The van der Waals surface area contributed by atoms with Crippen LogP contribution in [0.3, 0.4) is 0 Å². The van der Waals surface area contributed by atoms with Gasteiger partial charge < -0.3 is 10.1 Å². The van der Waals surface area contributed by atoms with Crippen LogP contribution in [0.1, 0.15) is 11.3 Å². The number of amides is 1. The third kappa shape index (κ3) is 4.39. The first kappa shape index (κ1) is 17.9. The zero-order chi connectivity index (χ0) is 18.5. The van der Waals surface area contributed by atoms with E-state index in [4.69, 9.17) is 21.6 Å². The molecule has 3 aromatic rings. The van der Waals surface area contributed by atoms with E-state index in [-0.39, 0.29) is 12.5 Å². The minimum Gasteiger partial charge on any atom is -0.484 e. The van der Waals surface area contributed by atoms with Gasteiger partial charge in [0.25, 0.3) is 5.91 Å². The van der Waals surface area contributed by atoms with Crippen LogP contribution in [0.25, 0.3) is 10.6 Å². The average molecular weight is 384 g/mol. The molecule has 0 aliphatic heterocycles. The Hall–Kier alpha value is -2.88. The van der Waals surface area contributed by atoms with E-state index in [9.17, 15) is 4.79 Å². The third-order valence-corrected chi connectivity index (χ3v) is 4.79. The Morgan fingerprint density at radius 2 is 2.08 bits per heavy atom. The monoisotopic (exact) mass is 383 g/mol. The first-order chi connectivity index (χ1) is 12.5. The molecule has 3 rings (SSSR count). The number of hydrogen-bond acceptors (Lipinski definition) is 5. The number of carbonyl (C=O) groups is 1. The zero-order valence-corrected chi connectivity index (χ0v) is 15.4. The van der Waals surface area contributed by atoms with Crippen molar-refractivity contribution in [2.45, 2.75) is 6.92 Å². The Kier molecular flexibility index (Phi) is 5.52. The van der Waals surface area contributed by atoms with Gasteiger partial charge in [-0.3, -0.25) is 4.79 Å². The highest BCUT2D eigenvalue weighted by atomic mass is 35.5. The van der Waals surface area contributed by atoms with Crippen molar-refractivity contribution < 1.29 is 9.53 Å². The Morgan fingerprint density at radius 3 is 2.69 bits per heavy atom. The number of anilines is 1. The molecule has 5 nitrogen and oxygen atoms in total. The number of halogens is 1. The lowest BCUT2D eigenvalue weighted by Gasteiger charge is -2.08. The molecule has 0 saturated heterocycles. The van der Waals surface area contributed by atoms with Crippen molar-refractivity contribution >= 4 is 34.5 Å². The number of nitrogens with one attached hydrogen (secondary N) is 1. The molecule has 0 atom stereocenters. The topological polar surface area (TPSA) is 75.0 Å². The van der Waals surface area contributed by atoms with Gasteiger partial charge in [-0.15, -0.1) is 11.3 Å². The summed E-state index contributed by atoms with van der Waals surface area (Å²) in [5.41, 5.74) is 2.87. The SMILES string of the molecule is Cc1csc(-c2ccc(OCC(=O)Nc3ccc(C#N)c(Cl)c3)cc2)n1. The van der Waals surface area contributed by atoms with Crippen LogP contribution >= 0.6 is 22.9 Å². The molecule has 0 saturated carbocycles. The lowest BCUT2D eigenvalue weighted by molar-refractivity contribution is -0.118. The summed E-state index contributed by atoms with van der Waals surface area (Å²) < 4.78 is 5.50. The second kappa shape index (κ2) is 8.00. The second-order valence-electron chi connectivity index (χ2n) is 5.46. The van der Waals surface area contributed by atoms with Crippen LogP contribution in [0.15, 0.2) is 47.8 Å². The molecule has 0 fully saturated rings. The number of ether oxygens (including phenoxy) is 1. The number of carbonyl (C=O) groups excluding carboxylic acids is 1. The summed E-state index contributed by atoms with van der Waals surface area (Å²) in [7, 11) is 0. The quantitative estimate of drug-likeness (QED) is 0.695. The van der Waals surface area contributed by atoms with Crippen LogP contribution in [-0.4, -0.2) is 17.5 Å². The van der Waals surface area contributed by atoms with Crippen molar-refractivity contribution in [3.63, 3.8) is 0 Å². The van der Waals surface area contributed by atoms with Crippen molar-refractivity contribution in [2.24, 2.45) is 0 Å². The van der Waals surface area contributed by atoms with E-state index in [1.165, 1.54) is 6.07 Å². The first-order valence-electron chi connectivity index (χ1n) is 7.70. The Morgan fingerprint density at radius 1 is 1.31 bits per heavy atom. The molecule has 7 heteroatoms. The second-order valence-corrected chi connectivity index (χ2v) is 6.73. The number of aromatic nitrogens is 1. The average Bonchev–Trinajstić information content (AvgIpc) is 3.07. The summed E-state index contributed by atoms with van der Waals surface area (Å²) in [5, 5.41) is 14.8. The van der Waals surface area contributed by atoms with Gasteiger partial charge in [-0.05, 0) is 49.4 Å². The van der Waals surface area contributed by atoms with E-state index in [2.05, 4.69) is 10.3 Å². The van der Waals surface area contributed by atoms with Gasteiger partial charge >= 0.3 is 0 Å². The number of rotatable bonds is 5. The summed E-state index contributed by atoms with van der Waals surface area (Å²) in [6, 6.07) is 14.1. The number of thiazole rings is 1. The fourth-order valence-electron chi connectivity index (χ4n) is 2.21. The molecule has 1 aromatic heterocycles. The smallest absolute Gasteiger partial charge is 0.262 e. The molecule has 0 aliphatic rings. The maximum atomic E-state index is 12.0. The van der Waals surface area contributed by atoms with Gasteiger partial charge in [0.05, 0.1) is 10.6 Å². The summed E-state index contributed by atoms with van der Waals surface area (Å²) in [6.45, 7) is 1.82. The Balaban J connectivity index is 1.56. The molecule has 0 radical (unpaired) electrons. The van der Waals surface area contributed by atoms with Gasteiger partial charge in [-0.1, -0.05) is 11.6 Å². The normalized spacial score (nSPS) is 10.2. The number of hydrogen-bond donors (Lipinski definition) is 1.